The first-order chi connectivity index (χ1) is 14.9. The van der Waals surface area contributed by atoms with Crippen LogP contribution >= 0.6 is 11.6 Å². The molecule has 0 aliphatic carbocycles. The molecule has 1 aliphatic rings. The first-order valence-electron chi connectivity index (χ1n) is 9.25. The van der Waals surface area contributed by atoms with E-state index in [-0.39, 0.29) is 17.0 Å². The van der Waals surface area contributed by atoms with Gasteiger partial charge < -0.3 is 5.11 Å². The van der Waals surface area contributed by atoms with Crippen molar-refractivity contribution < 1.29 is 19.6 Å². The van der Waals surface area contributed by atoms with Gasteiger partial charge in [0.15, 0.2) is 0 Å². The Hall–Kier alpha value is -3.97. The van der Waals surface area contributed by atoms with Crippen molar-refractivity contribution in [1.82, 2.24) is 0 Å². The van der Waals surface area contributed by atoms with Crippen molar-refractivity contribution in [1.29, 1.82) is 0 Å². The highest BCUT2D eigenvalue weighted by Crippen LogP contribution is 2.42. The summed E-state index contributed by atoms with van der Waals surface area (Å²) in [6, 6.07) is 19.2. The first-order valence-corrected chi connectivity index (χ1v) is 9.62. The normalized spacial score (nSPS) is 17.7. The van der Waals surface area contributed by atoms with Crippen molar-refractivity contribution in [2.24, 2.45) is 0 Å². The number of carbonyl (C=O) groups excluding carboxylic acids is 2. The third kappa shape index (κ3) is 3.67. The Morgan fingerprint density at radius 2 is 1.65 bits per heavy atom. The van der Waals surface area contributed by atoms with Crippen molar-refractivity contribution in [3.8, 4) is 0 Å². The Labute approximate surface area is 182 Å². The van der Waals surface area contributed by atoms with E-state index in [2.05, 4.69) is 0 Å². The smallest absolute Gasteiger partial charge is 0.300 e. The molecule has 0 bridgehead atoms. The van der Waals surface area contributed by atoms with Crippen molar-refractivity contribution in [2.75, 3.05) is 4.90 Å². The predicted molar refractivity (Wildman–Crippen MR) is 116 cm³/mol. The number of amides is 1. The number of rotatable bonds is 4. The van der Waals surface area contributed by atoms with Gasteiger partial charge in [0.1, 0.15) is 5.76 Å². The van der Waals surface area contributed by atoms with Gasteiger partial charge in [-0.15, -0.1) is 0 Å². The van der Waals surface area contributed by atoms with E-state index in [4.69, 9.17) is 11.6 Å². The summed E-state index contributed by atoms with van der Waals surface area (Å²) >= 11 is 5.91. The van der Waals surface area contributed by atoms with E-state index in [0.29, 0.717) is 21.8 Å². The SMILES string of the molecule is O=C1C(=O)N(c2ccccc2)[C@H](c2cccc([N+](=O)[O-])c2)/C1=C(\O)c1ccc(Cl)cc1. The highest BCUT2D eigenvalue weighted by Gasteiger charge is 2.47. The molecular formula is C23H15ClN2O5. The molecule has 8 heteroatoms. The summed E-state index contributed by atoms with van der Waals surface area (Å²) in [5.41, 5.74) is 0.703. The molecule has 1 aliphatic heterocycles. The number of nitro groups is 1. The molecule has 154 valence electrons. The van der Waals surface area contributed by atoms with Crippen LogP contribution in [-0.2, 0) is 9.59 Å². The van der Waals surface area contributed by atoms with Crippen LogP contribution in [0, 0.1) is 10.1 Å². The van der Waals surface area contributed by atoms with Crippen LogP contribution in [0.4, 0.5) is 11.4 Å². The number of aliphatic hydroxyl groups excluding tert-OH is 1. The van der Waals surface area contributed by atoms with Gasteiger partial charge in [-0.25, -0.2) is 0 Å². The average molecular weight is 435 g/mol. The van der Waals surface area contributed by atoms with Gasteiger partial charge in [-0.1, -0.05) is 41.9 Å². The fourth-order valence-corrected chi connectivity index (χ4v) is 3.70. The Morgan fingerprint density at radius 1 is 0.968 bits per heavy atom. The third-order valence-corrected chi connectivity index (χ3v) is 5.25. The quantitative estimate of drug-likeness (QED) is 0.207. The Bertz CT molecular complexity index is 1220. The number of nitrogens with zero attached hydrogens (tertiary/aromatic N) is 2. The zero-order valence-corrected chi connectivity index (χ0v) is 16.7. The molecule has 1 fully saturated rings. The van der Waals surface area contributed by atoms with Crippen LogP contribution in [-0.4, -0.2) is 21.7 Å². The summed E-state index contributed by atoms with van der Waals surface area (Å²) in [7, 11) is 0. The molecule has 1 atom stereocenters. The van der Waals surface area contributed by atoms with E-state index < -0.39 is 22.7 Å². The number of carbonyl (C=O) groups is 2. The zero-order valence-electron chi connectivity index (χ0n) is 15.9. The molecular weight excluding hydrogens is 420 g/mol. The molecule has 3 aromatic carbocycles. The first kappa shape index (κ1) is 20.3. The number of ketones is 1. The van der Waals surface area contributed by atoms with Crippen LogP contribution in [0.15, 0.2) is 84.4 Å². The summed E-state index contributed by atoms with van der Waals surface area (Å²) in [4.78, 5) is 38.0. The lowest BCUT2D eigenvalue weighted by Gasteiger charge is -2.25. The minimum Gasteiger partial charge on any atom is -0.507 e. The van der Waals surface area contributed by atoms with Crippen LogP contribution in [0.3, 0.4) is 0 Å². The van der Waals surface area contributed by atoms with E-state index in [1.807, 2.05) is 0 Å². The molecule has 7 nitrogen and oxygen atoms in total. The maximum atomic E-state index is 13.0. The Morgan fingerprint density at radius 3 is 2.29 bits per heavy atom. The highest BCUT2D eigenvalue weighted by molar-refractivity contribution is 6.51. The summed E-state index contributed by atoms with van der Waals surface area (Å²) in [5, 5.41) is 22.7. The summed E-state index contributed by atoms with van der Waals surface area (Å²) in [6.45, 7) is 0. The van der Waals surface area contributed by atoms with Crippen LogP contribution in [0.1, 0.15) is 17.2 Å². The van der Waals surface area contributed by atoms with Gasteiger partial charge in [0, 0.05) is 28.4 Å². The number of anilines is 1. The summed E-state index contributed by atoms with van der Waals surface area (Å²) in [6.07, 6.45) is 0. The molecule has 0 aromatic heterocycles. The van der Waals surface area contributed by atoms with E-state index in [1.54, 1.807) is 48.5 Å². The van der Waals surface area contributed by atoms with Crippen molar-refractivity contribution in [3.05, 3.63) is 111 Å². The van der Waals surface area contributed by atoms with Crippen molar-refractivity contribution in [3.63, 3.8) is 0 Å². The molecule has 1 heterocycles. The minimum absolute atomic E-state index is 0.156. The van der Waals surface area contributed by atoms with E-state index in [0.717, 1.165) is 0 Å². The van der Waals surface area contributed by atoms with Gasteiger partial charge in [-0.05, 0) is 42.0 Å². The van der Waals surface area contributed by atoms with E-state index in [1.165, 1.54) is 35.2 Å². The monoisotopic (exact) mass is 434 g/mol. The highest BCUT2D eigenvalue weighted by atomic mass is 35.5. The maximum Gasteiger partial charge on any atom is 0.300 e. The molecule has 4 rings (SSSR count). The summed E-state index contributed by atoms with van der Waals surface area (Å²) in [5.74, 6) is -2.10. The summed E-state index contributed by atoms with van der Waals surface area (Å²) < 4.78 is 0. The fourth-order valence-electron chi connectivity index (χ4n) is 3.57. The zero-order chi connectivity index (χ0) is 22.1. The second kappa shape index (κ2) is 8.04. The molecule has 0 radical (unpaired) electrons. The fraction of sp³-hybridized carbons (Fsp3) is 0.0435. The second-order valence-electron chi connectivity index (χ2n) is 6.86. The lowest BCUT2D eigenvalue weighted by molar-refractivity contribution is -0.384. The number of hydrogen-bond donors (Lipinski definition) is 1. The topological polar surface area (TPSA) is 101 Å². The molecule has 31 heavy (non-hydrogen) atoms. The number of benzene rings is 3. The van der Waals surface area contributed by atoms with E-state index >= 15 is 0 Å². The molecule has 3 aromatic rings. The number of aliphatic hydroxyl groups is 1. The lowest BCUT2D eigenvalue weighted by atomic mass is 9.95. The van der Waals surface area contributed by atoms with Crippen LogP contribution in [0.2, 0.25) is 5.02 Å². The number of hydrogen-bond acceptors (Lipinski definition) is 5. The Kier molecular flexibility index (Phi) is 5.27. The standard InChI is InChI=1S/C23H15ClN2O5/c24-16-11-9-14(10-12-16)21(27)19-20(15-5-4-8-18(13-15)26(30)31)25(23(29)22(19)28)17-6-2-1-3-7-17/h1-13,20,27H/b21-19+/t20-/m1/s1. The Balaban J connectivity index is 1.96. The largest absolute Gasteiger partial charge is 0.507 e. The molecule has 0 unspecified atom stereocenters. The number of Topliss-reactive ketones (excluding diaryl/α,β-unsaturated/α-hetero) is 1. The second-order valence-corrected chi connectivity index (χ2v) is 7.30. The van der Waals surface area contributed by atoms with Crippen LogP contribution in [0.25, 0.3) is 5.76 Å². The number of nitro benzene ring substituents is 1. The number of para-hydroxylation sites is 1. The minimum atomic E-state index is -1.04. The van der Waals surface area contributed by atoms with Gasteiger partial charge in [-0.2, -0.15) is 0 Å². The van der Waals surface area contributed by atoms with Crippen molar-refractivity contribution in [2.45, 2.75) is 6.04 Å². The van der Waals surface area contributed by atoms with Crippen LogP contribution in [0.5, 0.6) is 0 Å². The lowest BCUT2D eigenvalue weighted by Crippen LogP contribution is -2.29. The number of halogens is 1. The van der Waals surface area contributed by atoms with Gasteiger partial charge in [0.05, 0.1) is 16.5 Å². The van der Waals surface area contributed by atoms with Gasteiger partial charge in [0.25, 0.3) is 17.4 Å². The number of non-ortho nitro benzene ring substituents is 1. The van der Waals surface area contributed by atoms with Crippen LogP contribution < -0.4 is 4.90 Å². The third-order valence-electron chi connectivity index (χ3n) is 4.99. The van der Waals surface area contributed by atoms with E-state index in [9.17, 15) is 24.8 Å². The predicted octanol–water partition coefficient (Wildman–Crippen LogP) is 4.87. The maximum absolute atomic E-state index is 13.0. The van der Waals surface area contributed by atoms with Gasteiger partial charge in [-0.3, -0.25) is 24.6 Å². The molecule has 0 spiro atoms. The average Bonchev–Trinajstić information content (AvgIpc) is 3.05. The molecule has 0 saturated carbocycles. The van der Waals surface area contributed by atoms with Gasteiger partial charge >= 0.3 is 0 Å². The van der Waals surface area contributed by atoms with Gasteiger partial charge in [0.2, 0.25) is 0 Å². The molecule has 1 amide bonds. The molecule has 1 saturated heterocycles. The molecule has 1 N–H and O–H groups in total. The van der Waals surface area contributed by atoms with Crippen molar-refractivity contribution >= 4 is 40.4 Å².